The maximum atomic E-state index is 5.59. The quantitative estimate of drug-likeness (QED) is 0.825. The van der Waals surface area contributed by atoms with Crippen molar-refractivity contribution in [1.29, 1.82) is 0 Å². The number of aryl methyl sites for hydroxylation is 1. The van der Waals surface area contributed by atoms with E-state index in [1.165, 1.54) is 32.2 Å². The first kappa shape index (κ1) is 18.4. The Morgan fingerprint density at radius 2 is 1.85 bits per heavy atom. The maximum Gasteiger partial charge on any atom is 0.226 e. The zero-order valence-electron chi connectivity index (χ0n) is 16.6. The van der Waals surface area contributed by atoms with Gasteiger partial charge >= 0.3 is 0 Å². The second kappa shape index (κ2) is 7.98. The van der Waals surface area contributed by atoms with E-state index in [1.807, 2.05) is 25.3 Å². The third-order valence-electron chi connectivity index (χ3n) is 6.09. The second-order valence-corrected chi connectivity index (χ2v) is 7.71. The smallest absolute Gasteiger partial charge is 0.226 e. The minimum absolute atomic E-state index is 0.403. The number of piperidine rings is 2. The van der Waals surface area contributed by atoms with Gasteiger partial charge in [-0.05, 0) is 57.4 Å². The monoisotopic (exact) mass is 370 g/mol. The Labute approximate surface area is 161 Å². The molecule has 6 heteroatoms. The molecule has 2 aromatic rings. The number of nitrogens with zero attached hydrogens (tertiary/aromatic N) is 4. The predicted molar refractivity (Wildman–Crippen MR) is 108 cm³/mol. The van der Waals surface area contributed by atoms with E-state index in [-0.39, 0.29) is 0 Å². The van der Waals surface area contributed by atoms with Crippen LogP contribution in [0.15, 0.2) is 18.2 Å². The molecule has 0 saturated carbocycles. The Morgan fingerprint density at radius 3 is 2.59 bits per heavy atom. The summed E-state index contributed by atoms with van der Waals surface area (Å²) in [6.07, 6.45) is 5.18. The molecule has 1 aromatic heterocycles. The molecule has 3 heterocycles. The number of hydrogen-bond donors (Lipinski definition) is 0. The SMILES string of the molecule is COc1ccc2nc(N3CCC(N4CCCC(OC)C4)CC3)nc(C)c2c1. The van der Waals surface area contributed by atoms with Gasteiger partial charge in [0.05, 0.1) is 24.4 Å². The van der Waals surface area contributed by atoms with Crippen LogP contribution in [0.5, 0.6) is 5.75 Å². The molecule has 1 aromatic carbocycles. The minimum atomic E-state index is 0.403. The van der Waals surface area contributed by atoms with Crippen molar-refractivity contribution in [2.45, 2.75) is 44.8 Å². The van der Waals surface area contributed by atoms with Crippen molar-refractivity contribution in [2.24, 2.45) is 0 Å². The van der Waals surface area contributed by atoms with Crippen LogP contribution in [0.2, 0.25) is 0 Å². The van der Waals surface area contributed by atoms with Gasteiger partial charge < -0.3 is 14.4 Å². The van der Waals surface area contributed by atoms with E-state index in [1.54, 1.807) is 7.11 Å². The zero-order valence-corrected chi connectivity index (χ0v) is 16.6. The molecule has 2 saturated heterocycles. The van der Waals surface area contributed by atoms with E-state index in [0.717, 1.165) is 47.9 Å². The summed E-state index contributed by atoms with van der Waals surface area (Å²) in [5.74, 6) is 1.70. The number of aromatic nitrogens is 2. The first-order valence-corrected chi connectivity index (χ1v) is 10.0. The molecule has 2 aliphatic heterocycles. The van der Waals surface area contributed by atoms with E-state index in [4.69, 9.17) is 19.4 Å². The van der Waals surface area contributed by atoms with Crippen molar-refractivity contribution in [2.75, 3.05) is 45.3 Å². The van der Waals surface area contributed by atoms with Gasteiger partial charge in [0, 0.05) is 38.2 Å². The zero-order chi connectivity index (χ0) is 18.8. The van der Waals surface area contributed by atoms with E-state index < -0.39 is 0 Å². The molecule has 0 radical (unpaired) electrons. The lowest BCUT2D eigenvalue weighted by Gasteiger charge is -2.42. The largest absolute Gasteiger partial charge is 0.497 e. The van der Waals surface area contributed by atoms with Gasteiger partial charge in [-0.3, -0.25) is 4.90 Å². The summed E-state index contributed by atoms with van der Waals surface area (Å²) in [4.78, 5) is 14.6. The van der Waals surface area contributed by atoms with Gasteiger partial charge in [0.25, 0.3) is 0 Å². The fourth-order valence-electron chi connectivity index (χ4n) is 4.44. The van der Waals surface area contributed by atoms with Crippen LogP contribution in [0.25, 0.3) is 10.9 Å². The topological polar surface area (TPSA) is 50.7 Å². The van der Waals surface area contributed by atoms with Crippen molar-refractivity contribution < 1.29 is 9.47 Å². The Morgan fingerprint density at radius 1 is 1.04 bits per heavy atom. The third kappa shape index (κ3) is 3.87. The van der Waals surface area contributed by atoms with E-state index in [9.17, 15) is 0 Å². The highest BCUT2D eigenvalue weighted by molar-refractivity contribution is 5.83. The first-order valence-electron chi connectivity index (χ1n) is 10.0. The molecule has 4 rings (SSSR count). The van der Waals surface area contributed by atoms with Gasteiger partial charge in [-0.2, -0.15) is 0 Å². The van der Waals surface area contributed by atoms with Crippen molar-refractivity contribution in [1.82, 2.24) is 14.9 Å². The van der Waals surface area contributed by atoms with Crippen molar-refractivity contribution >= 4 is 16.9 Å². The molecule has 1 unspecified atom stereocenters. The lowest BCUT2D eigenvalue weighted by molar-refractivity contribution is 0.0101. The van der Waals surface area contributed by atoms with Crippen LogP contribution in [0, 0.1) is 6.92 Å². The summed E-state index contributed by atoms with van der Waals surface area (Å²) in [5.41, 5.74) is 1.99. The van der Waals surface area contributed by atoms with E-state index in [2.05, 4.69) is 16.7 Å². The molecule has 0 N–H and O–H groups in total. The molecular weight excluding hydrogens is 340 g/mol. The molecule has 0 spiro atoms. The second-order valence-electron chi connectivity index (χ2n) is 7.71. The molecule has 1 atom stereocenters. The summed E-state index contributed by atoms with van der Waals surface area (Å²) < 4.78 is 10.9. The third-order valence-corrected chi connectivity index (χ3v) is 6.09. The summed E-state index contributed by atoms with van der Waals surface area (Å²) in [7, 11) is 3.53. The number of ether oxygens (including phenoxy) is 2. The summed E-state index contributed by atoms with van der Waals surface area (Å²) in [6.45, 7) is 6.37. The summed E-state index contributed by atoms with van der Waals surface area (Å²) in [5, 5.41) is 1.06. The van der Waals surface area contributed by atoms with Gasteiger partial charge in [0.2, 0.25) is 5.95 Å². The van der Waals surface area contributed by atoms with Crippen LogP contribution in [0.1, 0.15) is 31.4 Å². The van der Waals surface area contributed by atoms with E-state index in [0.29, 0.717) is 12.1 Å². The Balaban J connectivity index is 1.45. The Hall–Kier alpha value is -1.92. The van der Waals surface area contributed by atoms with Crippen LogP contribution in [0.4, 0.5) is 5.95 Å². The van der Waals surface area contributed by atoms with Crippen LogP contribution in [-0.4, -0.2) is 67.4 Å². The number of rotatable bonds is 4. The summed E-state index contributed by atoms with van der Waals surface area (Å²) >= 11 is 0. The van der Waals surface area contributed by atoms with Gasteiger partial charge in [0.15, 0.2) is 0 Å². The highest BCUT2D eigenvalue weighted by atomic mass is 16.5. The van der Waals surface area contributed by atoms with Crippen LogP contribution in [0.3, 0.4) is 0 Å². The van der Waals surface area contributed by atoms with Crippen LogP contribution >= 0.6 is 0 Å². The molecule has 2 aliphatic rings. The number of fused-ring (bicyclic) bond motifs is 1. The molecule has 0 amide bonds. The van der Waals surface area contributed by atoms with Gasteiger partial charge in [-0.15, -0.1) is 0 Å². The van der Waals surface area contributed by atoms with Crippen molar-refractivity contribution in [3.63, 3.8) is 0 Å². The van der Waals surface area contributed by atoms with Crippen LogP contribution in [-0.2, 0) is 4.74 Å². The number of anilines is 1. The van der Waals surface area contributed by atoms with Crippen molar-refractivity contribution in [3.8, 4) is 5.75 Å². The Kier molecular flexibility index (Phi) is 5.45. The molecule has 0 bridgehead atoms. The normalized spacial score (nSPS) is 22.3. The van der Waals surface area contributed by atoms with Gasteiger partial charge in [-0.25, -0.2) is 9.97 Å². The van der Waals surface area contributed by atoms with Gasteiger partial charge in [-0.1, -0.05) is 0 Å². The minimum Gasteiger partial charge on any atom is -0.497 e. The summed E-state index contributed by atoms with van der Waals surface area (Å²) in [6, 6.07) is 6.67. The Bertz CT molecular complexity index is 789. The van der Waals surface area contributed by atoms with Crippen LogP contribution < -0.4 is 9.64 Å². The molecule has 27 heavy (non-hydrogen) atoms. The average molecular weight is 370 g/mol. The maximum absolute atomic E-state index is 5.59. The first-order chi connectivity index (χ1) is 13.2. The molecule has 2 fully saturated rings. The fraction of sp³-hybridized carbons (Fsp3) is 0.619. The molecule has 6 nitrogen and oxygen atoms in total. The number of benzene rings is 1. The van der Waals surface area contributed by atoms with E-state index >= 15 is 0 Å². The molecular formula is C21H30N4O2. The average Bonchev–Trinajstić information content (AvgIpc) is 2.73. The molecule has 146 valence electrons. The fourth-order valence-corrected chi connectivity index (χ4v) is 4.44. The predicted octanol–water partition coefficient (Wildman–Crippen LogP) is 3.03. The lowest BCUT2D eigenvalue weighted by Crippen LogP contribution is -2.50. The lowest BCUT2D eigenvalue weighted by atomic mass is 9.99. The van der Waals surface area contributed by atoms with Gasteiger partial charge in [0.1, 0.15) is 5.75 Å². The highest BCUT2D eigenvalue weighted by Gasteiger charge is 2.29. The number of likely N-dealkylation sites (tertiary alicyclic amines) is 1. The number of methoxy groups -OCH3 is 2. The highest BCUT2D eigenvalue weighted by Crippen LogP contribution is 2.27. The molecule has 0 aliphatic carbocycles. The number of hydrogen-bond acceptors (Lipinski definition) is 6. The van der Waals surface area contributed by atoms with Crippen molar-refractivity contribution in [3.05, 3.63) is 23.9 Å². The standard InChI is InChI=1S/C21H30N4O2/c1-15-19-13-17(26-2)6-7-20(19)23-21(22-15)24-11-8-16(9-12-24)25-10-4-5-18(14-25)27-3/h6-7,13,16,18H,4-5,8-12,14H2,1-3H3.